The minimum atomic E-state index is -1.13. The Morgan fingerprint density at radius 1 is 1.39 bits per heavy atom. The Balaban J connectivity index is 2.14. The largest absolute Gasteiger partial charge is 0.444 e. The number of carbonyl (C=O) groups is 1. The van der Waals surface area contributed by atoms with E-state index in [0.29, 0.717) is 12.8 Å². The van der Waals surface area contributed by atoms with Crippen LogP contribution in [-0.4, -0.2) is 40.9 Å². The van der Waals surface area contributed by atoms with Crippen molar-refractivity contribution in [2.24, 2.45) is 5.73 Å². The van der Waals surface area contributed by atoms with Crippen molar-refractivity contribution in [3.8, 4) is 0 Å². The monoisotopic (exact) mass is 258 g/mol. The number of piperidine rings is 2. The zero-order valence-corrected chi connectivity index (χ0v) is 11.4. The average molecular weight is 258 g/mol. The molecular formula is C13H23FN2O2. The molecule has 4 nitrogen and oxygen atoms in total. The van der Waals surface area contributed by atoms with E-state index in [4.69, 9.17) is 10.5 Å². The van der Waals surface area contributed by atoms with Crippen molar-refractivity contribution in [2.45, 2.75) is 76.4 Å². The summed E-state index contributed by atoms with van der Waals surface area (Å²) in [6, 6.07) is -0.804. The lowest BCUT2D eigenvalue weighted by Gasteiger charge is -2.49. The molecule has 0 radical (unpaired) electrons. The van der Waals surface area contributed by atoms with Crippen LogP contribution in [-0.2, 0) is 4.74 Å². The van der Waals surface area contributed by atoms with E-state index in [1.54, 1.807) is 4.90 Å². The fourth-order valence-electron chi connectivity index (χ4n) is 2.98. The van der Waals surface area contributed by atoms with E-state index in [1.165, 1.54) is 0 Å². The maximum absolute atomic E-state index is 14.1. The van der Waals surface area contributed by atoms with Gasteiger partial charge in [-0.25, -0.2) is 9.18 Å². The van der Waals surface area contributed by atoms with Crippen molar-refractivity contribution in [3.05, 3.63) is 0 Å². The predicted octanol–water partition coefficient (Wildman–Crippen LogP) is 2.21. The molecule has 5 heteroatoms. The van der Waals surface area contributed by atoms with Gasteiger partial charge in [0.25, 0.3) is 0 Å². The van der Waals surface area contributed by atoms with E-state index in [-0.39, 0.29) is 6.04 Å². The Hall–Kier alpha value is -0.840. The highest BCUT2D eigenvalue weighted by molar-refractivity contribution is 5.69. The fourth-order valence-corrected chi connectivity index (χ4v) is 2.98. The third-order valence-corrected chi connectivity index (χ3v) is 3.71. The Morgan fingerprint density at radius 3 is 2.67 bits per heavy atom. The summed E-state index contributed by atoms with van der Waals surface area (Å²) < 4.78 is 19.5. The summed E-state index contributed by atoms with van der Waals surface area (Å²) in [5.74, 6) is 0. The number of hydrogen-bond donors (Lipinski definition) is 1. The lowest BCUT2D eigenvalue weighted by Crippen LogP contribution is -2.64. The predicted molar refractivity (Wildman–Crippen MR) is 67.0 cm³/mol. The Labute approximate surface area is 108 Å². The quantitative estimate of drug-likeness (QED) is 0.724. The van der Waals surface area contributed by atoms with Gasteiger partial charge in [0.15, 0.2) is 0 Å². The second-order valence-electron chi connectivity index (χ2n) is 6.38. The number of ether oxygens (including phenoxy) is 1. The maximum atomic E-state index is 14.1. The lowest BCUT2D eigenvalue weighted by atomic mass is 9.81. The first-order chi connectivity index (χ1) is 8.29. The molecule has 0 saturated carbocycles. The summed E-state index contributed by atoms with van der Waals surface area (Å²) in [5, 5.41) is 0. The molecule has 104 valence electrons. The van der Waals surface area contributed by atoms with Crippen LogP contribution in [0.25, 0.3) is 0 Å². The average Bonchev–Trinajstić information content (AvgIpc) is 2.23. The number of alkyl halides is 1. The molecule has 2 rings (SSSR count). The standard InChI is InChI=1S/C13H23FN2O2/c1-13(2,3)18-12(17)16-8-5-4-6-10(16)11(14)9(15)7-8/h8-11H,4-7,15H2,1-3H3/t8-,9-,10-,11-/m1/s1. The zero-order chi connectivity index (χ0) is 13.5. The van der Waals surface area contributed by atoms with Crippen LogP contribution in [0.1, 0.15) is 46.5 Å². The summed E-state index contributed by atoms with van der Waals surface area (Å²) >= 11 is 0. The van der Waals surface area contributed by atoms with Gasteiger partial charge in [-0.1, -0.05) is 0 Å². The second-order valence-corrected chi connectivity index (χ2v) is 6.38. The number of nitrogens with two attached hydrogens (primary N) is 1. The zero-order valence-electron chi connectivity index (χ0n) is 11.4. The van der Waals surface area contributed by atoms with Gasteiger partial charge in [-0.15, -0.1) is 0 Å². The van der Waals surface area contributed by atoms with Crippen molar-refractivity contribution in [1.29, 1.82) is 0 Å². The number of halogens is 1. The molecule has 0 aromatic rings. The van der Waals surface area contributed by atoms with Crippen molar-refractivity contribution in [3.63, 3.8) is 0 Å². The molecular weight excluding hydrogens is 235 g/mol. The normalized spacial score (nSPS) is 36.4. The van der Waals surface area contributed by atoms with E-state index in [1.807, 2.05) is 20.8 Å². The van der Waals surface area contributed by atoms with Gasteiger partial charge in [0.1, 0.15) is 11.8 Å². The van der Waals surface area contributed by atoms with Crippen LogP contribution >= 0.6 is 0 Å². The number of nitrogens with zero attached hydrogens (tertiary/aromatic N) is 1. The van der Waals surface area contributed by atoms with E-state index >= 15 is 0 Å². The smallest absolute Gasteiger partial charge is 0.410 e. The molecule has 4 atom stereocenters. The first-order valence-corrected chi connectivity index (χ1v) is 6.70. The van der Waals surface area contributed by atoms with Crippen LogP contribution in [0, 0.1) is 0 Å². The Bertz CT molecular complexity index is 329. The van der Waals surface area contributed by atoms with Gasteiger partial charge in [-0.2, -0.15) is 0 Å². The van der Waals surface area contributed by atoms with Crippen molar-refractivity contribution >= 4 is 6.09 Å². The molecule has 2 heterocycles. The first kappa shape index (κ1) is 13.6. The SMILES string of the molecule is CC(C)(C)OC(=O)N1[C@@H]2CCC[C@@H]1[C@H](F)[C@H](N)C2. The molecule has 0 aromatic carbocycles. The highest BCUT2D eigenvalue weighted by Gasteiger charge is 2.47. The number of hydrogen-bond acceptors (Lipinski definition) is 3. The molecule has 2 N–H and O–H groups in total. The maximum Gasteiger partial charge on any atom is 0.410 e. The van der Waals surface area contributed by atoms with Gasteiger partial charge >= 0.3 is 6.09 Å². The van der Waals surface area contributed by atoms with E-state index < -0.39 is 29.9 Å². The molecule has 2 bridgehead atoms. The van der Waals surface area contributed by atoms with E-state index in [9.17, 15) is 9.18 Å². The van der Waals surface area contributed by atoms with Crippen molar-refractivity contribution in [1.82, 2.24) is 4.90 Å². The summed E-state index contributed by atoms with van der Waals surface area (Å²) in [5.41, 5.74) is 5.26. The summed E-state index contributed by atoms with van der Waals surface area (Å²) in [4.78, 5) is 13.8. The molecule has 0 aliphatic carbocycles. The molecule has 2 fully saturated rings. The molecule has 1 amide bonds. The molecule has 2 saturated heterocycles. The third-order valence-electron chi connectivity index (χ3n) is 3.71. The van der Waals surface area contributed by atoms with Crippen LogP contribution in [0.2, 0.25) is 0 Å². The molecule has 0 unspecified atom stereocenters. The fraction of sp³-hybridized carbons (Fsp3) is 0.923. The van der Waals surface area contributed by atoms with E-state index in [0.717, 1.165) is 12.8 Å². The van der Waals surface area contributed by atoms with Gasteiger partial charge < -0.3 is 10.5 Å². The Morgan fingerprint density at radius 2 is 2.06 bits per heavy atom. The van der Waals surface area contributed by atoms with Crippen molar-refractivity contribution < 1.29 is 13.9 Å². The van der Waals surface area contributed by atoms with Gasteiger partial charge in [0.2, 0.25) is 0 Å². The molecule has 0 spiro atoms. The molecule has 2 aliphatic heterocycles. The van der Waals surface area contributed by atoms with Crippen LogP contribution in [0.3, 0.4) is 0 Å². The number of fused-ring (bicyclic) bond motifs is 2. The van der Waals surface area contributed by atoms with Gasteiger partial charge in [0.05, 0.1) is 6.04 Å². The molecule has 2 aliphatic rings. The Kier molecular flexibility index (Phi) is 3.54. The van der Waals surface area contributed by atoms with E-state index in [2.05, 4.69) is 0 Å². The highest BCUT2D eigenvalue weighted by Crippen LogP contribution is 2.36. The number of amides is 1. The van der Waals surface area contributed by atoms with Gasteiger partial charge in [-0.05, 0) is 46.5 Å². The number of carbonyl (C=O) groups excluding carboxylic acids is 1. The minimum Gasteiger partial charge on any atom is -0.444 e. The minimum absolute atomic E-state index is 0.0422. The van der Waals surface area contributed by atoms with Gasteiger partial charge in [-0.3, -0.25) is 4.90 Å². The topological polar surface area (TPSA) is 55.6 Å². The summed E-state index contributed by atoms with van der Waals surface area (Å²) in [6.07, 6.45) is 1.56. The van der Waals surface area contributed by atoms with Crippen molar-refractivity contribution in [2.75, 3.05) is 0 Å². The number of rotatable bonds is 0. The third kappa shape index (κ3) is 2.60. The summed E-state index contributed by atoms with van der Waals surface area (Å²) in [6.45, 7) is 5.47. The molecule has 18 heavy (non-hydrogen) atoms. The highest BCUT2D eigenvalue weighted by atomic mass is 19.1. The van der Waals surface area contributed by atoms with Crippen LogP contribution < -0.4 is 5.73 Å². The van der Waals surface area contributed by atoms with Crippen LogP contribution in [0.5, 0.6) is 0 Å². The first-order valence-electron chi connectivity index (χ1n) is 6.70. The van der Waals surface area contributed by atoms with Crippen LogP contribution in [0.4, 0.5) is 9.18 Å². The second kappa shape index (κ2) is 4.68. The van der Waals surface area contributed by atoms with Gasteiger partial charge in [0, 0.05) is 12.1 Å². The molecule has 0 aromatic heterocycles. The summed E-state index contributed by atoms with van der Waals surface area (Å²) in [7, 11) is 0. The lowest BCUT2D eigenvalue weighted by molar-refractivity contribution is -0.0461. The van der Waals surface area contributed by atoms with Crippen LogP contribution in [0.15, 0.2) is 0 Å².